The van der Waals surface area contributed by atoms with Crippen LogP contribution in [0.15, 0.2) is 11.1 Å². The van der Waals surface area contributed by atoms with Crippen LogP contribution >= 0.6 is 22.6 Å². The average molecular weight is 361 g/mol. The van der Waals surface area contributed by atoms with Crippen LogP contribution in [-0.4, -0.2) is 23.1 Å². The Morgan fingerprint density at radius 2 is 2.06 bits per heavy atom. The maximum absolute atomic E-state index is 11.6. The van der Waals surface area contributed by atoms with Crippen molar-refractivity contribution in [3.63, 3.8) is 0 Å². The lowest BCUT2D eigenvalue weighted by Crippen LogP contribution is -2.38. The Morgan fingerprint density at radius 1 is 1.44 bits per heavy atom. The molecule has 1 aliphatic carbocycles. The van der Waals surface area contributed by atoms with E-state index in [9.17, 15) is 4.79 Å². The quantitative estimate of drug-likeness (QED) is 0.825. The standard InChI is InChI=1S/C13H20IN3O/c1-13(2)6-4-9(5-7-13)17(3)11-10(14)12(18)16-8-15-11/h8-9H,4-7H2,1-3H3,(H,15,16,18). The molecule has 0 spiro atoms. The van der Waals surface area contributed by atoms with Gasteiger partial charge in [-0.05, 0) is 53.7 Å². The maximum atomic E-state index is 11.6. The molecule has 1 aliphatic rings. The van der Waals surface area contributed by atoms with Gasteiger partial charge in [-0.15, -0.1) is 0 Å². The molecule has 0 bridgehead atoms. The number of nitrogens with zero attached hydrogens (tertiary/aromatic N) is 2. The number of hydrogen-bond acceptors (Lipinski definition) is 3. The summed E-state index contributed by atoms with van der Waals surface area (Å²) in [7, 11) is 2.05. The molecule has 0 aliphatic heterocycles. The monoisotopic (exact) mass is 361 g/mol. The van der Waals surface area contributed by atoms with Crippen molar-refractivity contribution in [1.29, 1.82) is 0 Å². The average Bonchev–Trinajstić information content (AvgIpc) is 2.32. The molecule has 1 N–H and O–H groups in total. The molecule has 4 nitrogen and oxygen atoms in total. The van der Waals surface area contributed by atoms with Crippen LogP contribution in [0, 0.1) is 8.99 Å². The van der Waals surface area contributed by atoms with Crippen LogP contribution in [0.2, 0.25) is 0 Å². The fourth-order valence-electron chi connectivity index (χ4n) is 2.56. The summed E-state index contributed by atoms with van der Waals surface area (Å²) in [5.41, 5.74) is 0.412. The van der Waals surface area contributed by atoms with Gasteiger partial charge < -0.3 is 9.88 Å². The molecule has 0 aromatic carbocycles. The van der Waals surface area contributed by atoms with Crippen molar-refractivity contribution in [1.82, 2.24) is 9.97 Å². The van der Waals surface area contributed by atoms with Crippen molar-refractivity contribution in [3.8, 4) is 0 Å². The van der Waals surface area contributed by atoms with E-state index in [0.717, 1.165) is 5.82 Å². The first-order valence-electron chi connectivity index (χ1n) is 6.37. The molecular formula is C13H20IN3O. The lowest BCUT2D eigenvalue weighted by molar-refractivity contribution is 0.222. The number of rotatable bonds is 2. The Kier molecular flexibility index (Phi) is 3.99. The molecule has 1 aromatic heterocycles. The fraction of sp³-hybridized carbons (Fsp3) is 0.692. The third-order valence-electron chi connectivity index (χ3n) is 3.97. The lowest BCUT2D eigenvalue weighted by Gasteiger charge is -2.39. The predicted molar refractivity (Wildman–Crippen MR) is 82.0 cm³/mol. The molecule has 0 unspecified atom stereocenters. The highest BCUT2D eigenvalue weighted by Gasteiger charge is 2.30. The van der Waals surface area contributed by atoms with Gasteiger partial charge in [0.05, 0.1) is 6.33 Å². The largest absolute Gasteiger partial charge is 0.356 e. The van der Waals surface area contributed by atoms with Crippen molar-refractivity contribution in [2.45, 2.75) is 45.6 Å². The fourth-order valence-corrected chi connectivity index (χ4v) is 3.24. The van der Waals surface area contributed by atoms with E-state index in [1.165, 1.54) is 32.0 Å². The molecule has 1 aromatic rings. The second-order valence-electron chi connectivity index (χ2n) is 5.88. The van der Waals surface area contributed by atoms with Crippen molar-refractivity contribution < 1.29 is 0 Å². The first kappa shape index (κ1) is 13.8. The zero-order valence-electron chi connectivity index (χ0n) is 11.2. The number of halogens is 1. The SMILES string of the molecule is CN(c1nc[nH]c(=O)c1I)C1CCC(C)(C)CC1. The first-order chi connectivity index (χ1) is 8.41. The molecule has 1 heterocycles. The van der Waals surface area contributed by atoms with Gasteiger partial charge in [-0.25, -0.2) is 4.98 Å². The summed E-state index contributed by atoms with van der Waals surface area (Å²) in [6.45, 7) is 4.66. The molecule has 18 heavy (non-hydrogen) atoms. The number of hydrogen-bond donors (Lipinski definition) is 1. The van der Waals surface area contributed by atoms with Gasteiger partial charge in [0.1, 0.15) is 9.39 Å². The van der Waals surface area contributed by atoms with Crippen molar-refractivity contribution >= 4 is 28.4 Å². The van der Waals surface area contributed by atoms with E-state index in [0.29, 0.717) is 15.0 Å². The smallest absolute Gasteiger partial charge is 0.266 e. The zero-order chi connectivity index (χ0) is 13.3. The molecule has 0 radical (unpaired) electrons. The number of aromatic nitrogens is 2. The van der Waals surface area contributed by atoms with Crippen molar-refractivity contribution in [2.24, 2.45) is 5.41 Å². The summed E-state index contributed by atoms with van der Waals surface area (Å²) < 4.78 is 0.683. The number of aromatic amines is 1. The first-order valence-corrected chi connectivity index (χ1v) is 7.44. The minimum Gasteiger partial charge on any atom is -0.356 e. The van der Waals surface area contributed by atoms with E-state index in [4.69, 9.17) is 0 Å². The van der Waals surface area contributed by atoms with Gasteiger partial charge in [0.2, 0.25) is 0 Å². The number of H-pyrrole nitrogens is 1. The topological polar surface area (TPSA) is 49.0 Å². The normalized spacial score (nSPS) is 19.8. The van der Waals surface area contributed by atoms with E-state index in [2.05, 4.69) is 51.3 Å². The second kappa shape index (κ2) is 5.19. The molecule has 1 fully saturated rings. The summed E-state index contributed by atoms with van der Waals surface area (Å²) >= 11 is 2.08. The van der Waals surface area contributed by atoms with Crippen LogP contribution in [0.25, 0.3) is 0 Å². The zero-order valence-corrected chi connectivity index (χ0v) is 13.3. The molecule has 2 rings (SSSR count). The van der Waals surface area contributed by atoms with Crippen LogP contribution in [0.4, 0.5) is 5.82 Å². The molecule has 0 atom stereocenters. The van der Waals surface area contributed by atoms with E-state index < -0.39 is 0 Å². The molecule has 1 saturated carbocycles. The molecular weight excluding hydrogens is 341 g/mol. The van der Waals surface area contributed by atoms with Crippen molar-refractivity contribution in [3.05, 3.63) is 20.3 Å². The van der Waals surface area contributed by atoms with Crippen LogP contribution in [0.1, 0.15) is 39.5 Å². The Morgan fingerprint density at radius 3 is 2.67 bits per heavy atom. The number of nitrogens with one attached hydrogen (secondary N) is 1. The Hall–Kier alpha value is -0.590. The van der Waals surface area contributed by atoms with Crippen molar-refractivity contribution in [2.75, 3.05) is 11.9 Å². The van der Waals surface area contributed by atoms with E-state index in [-0.39, 0.29) is 5.56 Å². The van der Waals surface area contributed by atoms with E-state index in [1.807, 2.05) is 7.05 Å². The minimum atomic E-state index is -0.0522. The molecule has 0 amide bonds. The van der Waals surface area contributed by atoms with Crippen LogP contribution in [-0.2, 0) is 0 Å². The van der Waals surface area contributed by atoms with Gasteiger partial charge in [0.15, 0.2) is 0 Å². The molecule has 5 heteroatoms. The highest BCUT2D eigenvalue weighted by Crippen LogP contribution is 2.37. The summed E-state index contributed by atoms with van der Waals surface area (Å²) in [4.78, 5) is 20.7. The number of anilines is 1. The maximum Gasteiger partial charge on any atom is 0.266 e. The van der Waals surface area contributed by atoms with E-state index in [1.54, 1.807) is 0 Å². The van der Waals surface area contributed by atoms with Gasteiger partial charge in [-0.2, -0.15) is 0 Å². The summed E-state index contributed by atoms with van der Waals surface area (Å²) in [5, 5.41) is 0. The Bertz CT molecular complexity index is 473. The second-order valence-corrected chi connectivity index (χ2v) is 6.95. The van der Waals surface area contributed by atoms with E-state index >= 15 is 0 Å². The minimum absolute atomic E-state index is 0.0522. The van der Waals surface area contributed by atoms with Crippen LogP contribution < -0.4 is 10.5 Å². The summed E-state index contributed by atoms with van der Waals surface area (Å²) in [6, 6.07) is 0.501. The Labute approximate surface area is 121 Å². The summed E-state index contributed by atoms with van der Waals surface area (Å²) in [6.07, 6.45) is 6.31. The van der Waals surface area contributed by atoms with Gasteiger partial charge in [-0.3, -0.25) is 4.79 Å². The van der Waals surface area contributed by atoms with Gasteiger partial charge in [0.25, 0.3) is 5.56 Å². The highest BCUT2D eigenvalue weighted by atomic mass is 127. The Balaban J connectivity index is 2.15. The van der Waals surface area contributed by atoms with Gasteiger partial charge in [0, 0.05) is 13.1 Å². The lowest BCUT2D eigenvalue weighted by atomic mass is 9.75. The highest BCUT2D eigenvalue weighted by molar-refractivity contribution is 14.1. The van der Waals surface area contributed by atoms with Gasteiger partial charge in [-0.1, -0.05) is 13.8 Å². The third-order valence-corrected chi connectivity index (χ3v) is 4.94. The summed E-state index contributed by atoms with van der Waals surface area (Å²) in [5.74, 6) is 0.809. The third kappa shape index (κ3) is 2.87. The van der Waals surface area contributed by atoms with Crippen LogP contribution in [0.5, 0.6) is 0 Å². The van der Waals surface area contributed by atoms with Gasteiger partial charge >= 0.3 is 0 Å². The van der Waals surface area contributed by atoms with Crippen LogP contribution in [0.3, 0.4) is 0 Å². The predicted octanol–water partition coefficient (Wildman–Crippen LogP) is 2.78. The molecule has 100 valence electrons. The molecule has 0 saturated heterocycles.